The number of amides is 1. The standard InChI is InChI=1S/C18H24ClN5O2/c1-11-8-14(16(26-5)10-13(11)19)22-18-21-12(2)9-15(23-18)17(25)20-6-7-24(3)4/h8-10H,6-7H2,1-5H3,(H,20,25)(H,21,22,23). The van der Waals surface area contributed by atoms with E-state index in [2.05, 4.69) is 20.6 Å². The molecule has 0 spiro atoms. The maximum Gasteiger partial charge on any atom is 0.270 e. The molecule has 0 aliphatic heterocycles. The van der Waals surface area contributed by atoms with Crippen LogP contribution >= 0.6 is 11.6 Å². The summed E-state index contributed by atoms with van der Waals surface area (Å²) in [4.78, 5) is 23.0. The molecule has 26 heavy (non-hydrogen) atoms. The van der Waals surface area contributed by atoms with E-state index >= 15 is 0 Å². The first-order valence-corrected chi connectivity index (χ1v) is 8.57. The SMILES string of the molecule is COc1cc(Cl)c(C)cc1Nc1nc(C)cc(C(=O)NCCN(C)C)n1. The first kappa shape index (κ1) is 19.9. The first-order valence-electron chi connectivity index (χ1n) is 8.20. The van der Waals surface area contributed by atoms with Crippen LogP contribution in [0.5, 0.6) is 5.75 Å². The molecule has 140 valence electrons. The van der Waals surface area contributed by atoms with E-state index in [4.69, 9.17) is 16.3 Å². The van der Waals surface area contributed by atoms with E-state index in [1.165, 1.54) is 0 Å². The third kappa shape index (κ3) is 5.31. The Morgan fingerprint density at radius 1 is 1.23 bits per heavy atom. The van der Waals surface area contributed by atoms with Gasteiger partial charge in [-0.1, -0.05) is 11.6 Å². The van der Waals surface area contributed by atoms with Crippen LogP contribution in [0.2, 0.25) is 5.02 Å². The molecule has 2 aromatic rings. The highest BCUT2D eigenvalue weighted by Crippen LogP contribution is 2.32. The Kier molecular flexibility index (Phi) is 6.76. The van der Waals surface area contributed by atoms with Crippen LogP contribution < -0.4 is 15.4 Å². The second kappa shape index (κ2) is 8.82. The van der Waals surface area contributed by atoms with Crippen molar-refractivity contribution in [3.8, 4) is 5.75 Å². The predicted octanol–water partition coefficient (Wildman–Crippen LogP) is 2.79. The zero-order chi connectivity index (χ0) is 19.3. The summed E-state index contributed by atoms with van der Waals surface area (Å²) in [6, 6.07) is 5.23. The fraction of sp³-hybridized carbons (Fsp3) is 0.389. The molecule has 7 nitrogen and oxygen atoms in total. The van der Waals surface area contributed by atoms with Crippen molar-refractivity contribution in [2.45, 2.75) is 13.8 Å². The monoisotopic (exact) mass is 377 g/mol. The lowest BCUT2D eigenvalue weighted by atomic mass is 10.2. The number of carbonyl (C=O) groups is 1. The highest BCUT2D eigenvalue weighted by molar-refractivity contribution is 6.31. The summed E-state index contributed by atoms with van der Waals surface area (Å²) in [5.74, 6) is 0.658. The molecular formula is C18H24ClN5O2. The number of benzene rings is 1. The third-order valence-corrected chi connectivity index (χ3v) is 4.07. The van der Waals surface area contributed by atoms with Gasteiger partial charge in [-0.25, -0.2) is 9.97 Å². The molecule has 1 aromatic heterocycles. The minimum Gasteiger partial charge on any atom is -0.495 e. The van der Waals surface area contributed by atoms with Crippen molar-refractivity contribution in [1.29, 1.82) is 0 Å². The second-order valence-electron chi connectivity index (χ2n) is 6.20. The topological polar surface area (TPSA) is 79.4 Å². The predicted molar refractivity (Wildman–Crippen MR) is 104 cm³/mol. The van der Waals surface area contributed by atoms with Crippen molar-refractivity contribution in [3.05, 3.63) is 40.2 Å². The maximum atomic E-state index is 12.3. The van der Waals surface area contributed by atoms with Gasteiger partial charge in [-0.05, 0) is 45.6 Å². The molecule has 0 unspecified atom stereocenters. The average molecular weight is 378 g/mol. The molecule has 0 bridgehead atoms. The number of nitrogens with zero attached hydrogens (tertiary/aromatic N) is 3. The number of methoxy groups -OCH3 is 1. The largest absolute Gasteiger partial charge is 0.495 e. The van der Waals surface area contributed by atoms with Gasteiger partial charge in [0, 0.05) is 29.9 Å². The Hall–Kier alpha value is -2.38. The van der Waals surface area contributed by atoms with Gasteiger partial charge in [-0.15, -0.1) is 0 Å². The highest BCUT2D eigenvalue weighted by Gasteiger charge is 2.13. The van der Waals surface area contributed by atoms with Crippen LogP contribution in [0.25, 0.3) is 0 Å². The zero-order valence-corrected chi connectivity index (χ0v) is 16.4. The van der Waals surface area contributed by atoms with Crippen molar-refractivity contribution >= 4 is 29.1 Å². The van der Waals surface area contributed by atoms with Crippen LogP contribution in [-0.2, 0) is 0 Å². The molecule has 0 aliphatic carbocycles. The van der Waals surface area contributed by atoms with E-state index in [9.17, 15) is 4.79 Å². The van der Waals surface area contributed by atoms with E-state index in [0.29, 0.717) is 40.3 Å². The second-order valence-corrected chi connectivity index (χ2v) is 6.61. The number of likely N-dealkylation sites (N-methyl/N-ethyl adjacent to an activating group) is 1. The number of anilines is 2. The van der Waals surface area contributed by atoms with Gasteiger partial charge < -0.3 is 20.3 Å². The zero-order valence-electron chi connectivity index (χ0n) is 15.7. The van der Waals surface area contributed by atoms with Crippen LogP contribution in [0.15, 0.2) is 18.2 Å². The first-order chi connectivity index (χ1) is 12.3. The molecule has 2 rings (SSSR count). The normalized spacial score (nSPS) is 10.7. The van der Waals surface area contributed by atoms with Crippen molar-refractivity contribution in [3.63, 3.8) is 0 Å². The van der Waals surface area contributed by atoms with Crippen molar-refractivity contribution in [2.24, 2.45) is 0 Å². The van der Waals surface area contributed by atoms with Crippen molar-refractivity contribution < 1.29 is 9.53 Å². The van der Waals surface area contributed by atoms with Gasteiger partial charge in [0.1, 0.15) is 11.4 Å². The molecule has 0 saturated carbocycles. The molecule has 8 heteroatoms. The van der Waals surface area contributed by atoms with Gasteiger partial charge in [-0.2, -0.15) is 0 Å². The minimum atomic E-state index is -0.236. The number of aromatic nitrogens is 2. The van der Waals surface area contributed by atoms with Crippen LogP contribution in [0.4, 0.5) is 11.6 Å². The van der Waals surface area contributed by atoms with Crippen LogP contribution in [-0.4, -0.2) is 55.1 Å². The molecule has 1 heterocycles. The molecule has 2 N–H and O–H groups in total. The van der Waals surface area contributed by atoms with Crippen LogP contribution in [0.3, 0.4) is 0 Å². The number of aryl methyl sites for hydroxylation is 2. The van der Waals surface area contributed by atoms with E-state index in [0.717, 1.165) is 12.1 Å². The molecular weight excluding hydrogens is 354 g/mol. The van der Waals surface area contributed by atoms with Gasteiger partial charge in [0.15, 0.2) is 0 Å². The average Bonchev–Trinajstić information content (AvgIpc) is 2.57. The molecule has 0 atom stereocenters. The molecule has 0 radical (unpaired) electrons. The Morgan fingerprint density at radius 3 is 2.62 bits per heavy atom. The van der Waals surface area contributed by atoms with Gasteiger partial charge in [0.2, 0.25) is 5.95 Å². The molecule has 0 aliphatic rings. The Labute approximate surface area is 158 Å². The summed E-state index contributed by atoms with van der Waals surface area (Å²) in [5, 5.41) is 6.56. The lowest BCUT2D eigenvalue weighted by Crippen LogP contribution is -2.32. The molecule has 1 aromatic carbocycles. The number of rotatable bonds is 7. The molecule has 1 amide bonds. The number of hydrogen-bond acceptors (Lipinski definition) is 6. The van der Waals surface area contributed by atoms with E-state index in [1.807, 2.05) is 38.9 Å². The van der Waals surface area contributed by atoms with Crippen LogP contribution in [0, 0.1) is 13.8 Å². The summed E-state index contributed by atoms with van der Waals surface area (Å²) in [7, 11) is 5.46. The van der Waals surface area contributed by atoms with Gasteiger partial charge in [0.25, 0.3) is 5.91 Å². The maximum absolute atomic E-state index is 12.3. The smallest absolute Gasteiger partial charge is 0.270 e. The van der Waals surface area contributed by atoms with Gasteiger partial charge >= 0.3 is 0 Å². The van der Waals surface area contributed by atoms with E-state index < -0.39 is 0 Å². The lowest BCUT2D eigenvalue weighted by molar-refractivity contribution is 0.0946. The Bertz CT molecular complexity index is 795. The summed E-state index contributed by atoms with van der Waals surface area (Å²) >= 11 is 6.13. The number of halogens is 1. The third-order valence-electron chi connectivity index (χ3n) is 3.66. The summed E-state index contributed by atoms with van der Waals surface area (Å²) in [6.45, 7) is 5.01. The minimum absolute atomic E-state index is 0.236. The number of hydrogen-bond donors (Lipinski definition) is 2. The summed E-state index contributed by atoms with van der Waals surface area (Å²) in [6.07, 6.45) is 0. The number of nitrogens with one attached hydrogen (secondary N) is 2. The molecule has 0 fully saturated rings. The summed E-state index contributed by atoms with van der Waals surface area (Å²) < 4.78 is 5.35. The fourth-order valence-electron chi connectivity index (χ4n) is 2.27. The van der Waals surface area contributed by atoms with Gasteiger partial charge in [0.05, 0.1) is 12.8 Å². The fourth-order valence-corrected chi connectivity index (χ4v) is 2.43. The highest BCUT2D eigenvalue weighted by atomic mass is 35.5. The van der Waals surface area contributed by atoms with E-state index in [1.54, 1.807) is 19.2 Å². The Balaban J connectivity index is 2.22. The van der Waals surface area contributed by atoms with Crippen LogP contribution in [0.1, 0.15) is 21.7 Å². The molecule has 0 saturated heterocycles. The number of carbonyl (C=O) groups excluding carboxylic acids is 1. The summed E-state index contributed by atoms with van der Waals surface area (Å²) in [5.41, 5.74) is 2.57. The van der Waals surface area contributed by atoms with E-state index in [-0.39, 0.29) is 5.91 Å². The van der Waals surface area contributed by atoms with Crippen molar-refractivity contribution in [2.75, 3.05) is 39.6 Å². The lowest BCUT2D eigenvalue weighted by Gasteiger charge is -2.13. The Morgan fingerprint density at radius 2 is 1.96 bits per heavy atom. The number of ether oxygens (including phenoxy) is 1. The van der Waals surface area contributed by atoms with Gasteiger partial charge in [-0.3, -0.25) is 4.79 Å². The quantitative estimate of drug-likeness (QED) is 0.772. The van der Waals surface area contributed by atoms with Crippen molar-refractivity contribution in [1.82, 2.24) is 20.2 Å².